The lowest BCUT2D eigenvalue weighted by molar-refractivity contribution is 0.0697. The minimum Gasteiger partial charge on any atom is -0.488 e. The topological polar surface area (TPSA) is 68.1 Å². The van der Waals surface area contributed by atoms with E-state index in [-0.39, 0.29) is 5.56 Å². The smallest absolute Gasteiger partial charge is 0.335 e. The van der Waals surface area contributed by atoms with Crippen molar-refractivity contribution in [1.29, 1.82) is 0 Å². The van der Waals surface area contributed by atoms with Gasteiger partial charge in [0, 0.05) is 6.21 Å². The van der Waals surface area contributed by atoms with Crippen molar-refractivity contribution in [3.05, 3.63) is 118 Å². The molecule has 0 heterocycles. The maximum atomic E-state index is 10.9. The van der Waals surface area contributed by atoms with Gasteiger partial charge in [0.1, 0.15) is 23.9 Å². The van der Waals surface area contributed by atoms with Crippen LogP contribution in [-0.4, -0.2) is 17.3 Å². The van der Waals surface area contributed by atoms with Crippen LogP contribution in [0.2, 0.25) is 0 Å². The largest absolute Gasteiger partial charge is 0.488 e. The van der Waals surface area contributed by atoms with Crippen molar-refractivity contribution in [2.24, 2.45) is 4.99 Å². The third-order valence-corrected chi connectivity index (χ3v) is 5.35. The SMILES string of the molecule is O=C(O)c1ccc(COc2ccc(C=Nc3ccc(Oc4ccccc4)cc3)cc2Br)cc1. The Morgan fingerprint density at radius 2 is 1.58 bits per heavy atom. The minimum atomic E-state index is -0.945. The van der Waals surface area contributed by atoms with Crippen LogP contribution in [0, 0.1) is 0 Å². The quantitative estimate of drug-likeness (QED) is 0.257. The molecular formula is C27H20BrNO4. The fourth-order valence-corrected chi connectivity index (χ4v) is 3.50. The molecule has 0 atom stereocenters. The highest BCUT2D eigenvalue weighted by atomic mass is 79.9. The molecule has 5 nitrogen and oxygen atoms in total. The van der Waals surface area contributed by atoms with Gasteiger partial charge in [-0.05, 0) is 93.8 Å². The number of carboxylic acid groups (broad SMARTS) is 1. The van der Waals surface area contributed by atoms with Crippen LogP contribution in [-0.2, 0) is 6.61 Å². The van der Waals surface area contributed by atoms with Gasteiger partial charge in [-0.15, -0.1) is 0 Å². The summed E-state index contributed by atoms with van der Waals surface area (Å²) < 4.78 is 12.5. The van der Waals surface area contributed by atoms with Gasteiger partial charge >= 0.3 is 5.97 Å². The molecule has 33 heavy (non-hydrogen) atoms. The zero-order valence-corrected chi connectivity index (χ0v) is 19.1. The van der Waals surface area contributed by atoms with E-state index in [1.807, 2.05) is 72.8 Å². The van der Waals surface area contributed by atoms with Crippen LogP contribution >= 0.6 is 15.9 Å². The van der Waals surface area contributed by atoms with E-state index < -0.39 is 5.97 Å². The molecule has 0 saturated carbocycles. The summed E-state index contributed by atoms with van der Waals surface area (Å²) in [5.74, 6) is 1.29. The highest BCUT2D eigenvalue weighted by Crippen LogP contribution is 2.27. The van der Waals surface area contributed by atoms with Crippen molar-refractivity contribution in [2.75, 3.05) is 0 Å². The minimum absolute atomic E-state index is 0.252. The molecule has 1 N–H and O–H groups in total. The standard InChI is InChI=1S/C27H20BrNO4/c28-25-16-20(8-15-26(25)32-18-19-6-9-21(10-7-19)27(30)31)17-29-22-11-13-24(14-12-22)33-23-4-2-1-3-5-23/h1-17H,18H2,(H,30,31). The number of halogens is 1. The molecule has 4 rings (SSSR count). The fraction of sp³-hybridized carbons (Fsp3) is 0.0370. The van der Waals surface area contributed by atoms with E-state index in [1.54, 1.807) is 30.5 Å². The predicted octanol–water partition coefficient (Wildman–Crippen LogP) is 7.27. The Hall–Kier alpha value is -3.90. The molecule has 0 fully saturated rings. The van der Waals surface area contributed by atoms with Crippen LogP contribution in [0.3, 0.4) is 0 Å². The molecule has 0 aliphatic rings. The number of aromatic carboxylic acids is 1. The molecule has 0 saturated heterocycles. The van der Waals surface area contributed by atoms with E-state index in [1.165, 1.54) is 0 Å². The van der Waals surface area contributed by atoms with Gasteiger partial charge in [-0.2, -0.15) is 0 Å². The lowest BCUT2D eigenvalue weighted by atomic mass is 10.1. The number of benzene rings is 4. The highest BCUT2D eigenvalue weighted by Gasteiger charge is 2.05. The van der Waals surface area contributed by atoms with Gasteiger partial charge in [-0.1, -0.05) is 30.3 Å². The summed E-state index contributed by atoms with van der Waals surface area (Å²) in [5, 5.41) is 8.98. The van der Waals surface area contributed by atoms with E-state index in [0.717, 1.165) is 32.8 Å². The molecule has 0 unspecified atom stereocenters. The van der Waals surface area contributed by atoms with Gasteiger partial charge in [0.05, 0.1) is 15.7 Å². The third-order valence-electron chi connectivity index (χ3n) is 4.73. The number of para-hydroxylation sites is 1. The lowest BCUT2D eigenvalue weighted by Gasteiger charge is -2.09. The number of aliphatic imine (C=N–C) groups is 1. The fourth-order valence-electron chi connectivity index (χ4n) is 2.99. The maximum absolute atomic E-state index is 10.9. The Morgan fingerprint density at radius 1 is 0.879 bits per heavy atom. The van der Waals surface area contributed by atoms with Crippen LogP contribution in [0.1, 0.15) is 21.5 Å². The predicted molar refractivity (Wildman–Crippen MR) is 132 cm³/mol. The zero-order chi connectivity index (χ0) is 23.0. The molecular weight excluding hydrogens is 482 g/mol. The summed E-state index contributed by atoms with van der Waals surface area (Å²) in [4.78, 5) is 15.5. The Balaban J connectivity index is 1.35. The molecule has 0 aliphatic carbocycles. The van der Waals surface area contributed by atoms with Gasteiger partial charge in [-0.3, -0.25) is 4.99 Å². The second-order valence-corrected chi connectivity index (χ2v) is 8.00. The zero-order valence-electron chi connectivity index (χ0n) is 17.5. The maximum Gasteiger partial charge on any atom is 0.335 e. The van der Waals surface area contributed by atoms with Crippen molar-refractivity contribution in [2.45, 2.75) is 6.61 Å². The Bertz CT molecular complexity index is 1250. The second kappa shape index (κ2) is 10.6. The van der Waals surface area contributed by atoms with Gasteiger partial charge in [0.25, 0.3) is 0 Å². The van der Waals surface area contributed by atoms with Crippen LogP contribution in [0.4, 0.5) is 5.69 Å². The molecule has 6 heteroatoms. The molecule has 0 bridgehead atoms. The molecule has 4 aromatic rings. The molecule has 4 aromatic carbocycles. The van der Waals surface area contributed by atoms with Crippen LogP contribution in [0.25, 0.3) is 0 Å². The van der Waals surface area contributed by atoms with Crippen molar-refractivity contribution in [3.63, 3.8) is 0 Å². The molecule has 164 valence electrons. The Kier molecular flexibility index (Phi) is 7.17. The first-order valence-corrected chi connectivity index (χ1v) is 11.0. The number of carboxylic acids is 1. The number of nitrogens with zero attached hydrogens (tertiary/aromatic N) is 1. The first kappa shape index (κ1) is 22.3. The summed E-state index contributed by atoms with van der Waals surface area (Å²) in [6, 6.07) is 29.5. The molecule has 0 aliphatic heterocycles. The average Bonchev–Trinajstić information content (AvgIpc) is 2.84. The van der Waals surface area contributed by atoms with Gasteiger partial charge in [0.2, 0.25) is 0 Å². The summed E-state index contributed by atoms with van der Waals surface area (Å²) in [6.45, 7) is 0.337. The summed E-state index contributed by atoms with van der Waals surface area (Å²) >= 11 is 3.54. The Morgan fingerprint density at radius 3 is 2.24 bits per heavy atom. The van der Waals surface area contributed by atoms with Crippen molar-refractivity contribution < 1.29 is 19.4 Å². The third kappa shape index (κ3) is 6.30. The lowest BCUT2D eigenvalue weighted by Crippen LogP contribution is -1.99. The van der Waals surface area contributed by atoms with E-state index in [2.05, 4.69) is 20.9 Å². The number of ether oxygens (including phenoxy) is 2. The number of carbonyl (C=O) groups is 1. The number of hydrogen-bond acceptors (Lipinski definition) is 4. The summed E-state index contributed by atoms with van der Waals surface area (Å²) in [5.41, 5.74) is 2.88. The Labute approximate surface area is 200 Å². The van der Waals surface area contributed by atoms with Crippen LogP contribution in [0.15, 0.2) is 107 Å². The first-order valence-electron chi connectivity index (χ1n) is 10.2. The van der Waals surface area contributed by atoms with Gasteiger partial charge < -0.3 is 14.6 Å². The average molecular weight is 502 g/mol. The van der Waals surface area contributed by atoms with Crippen molar-refractivity contribution >= 4 is 33.8 Å². The summed E-state index contributed by atoms with van der Waals surface area (Å²) in [6.07, 6.45) is 1.78. The van der Waals surface area contributed by atoms with Crippen molar-refractivity contribution in [3.8, 4) is 17.2 Å². The highest BCUT2D eigenvalue weighted by molar-refractivity contribution is 9.10. The second-order valence-electron chi connectivity index (χ2n) is 7.15. The number of rotatable bonds is 8. The molecule has 0 aromatic heterocycles. The van der Waals surface area contributed by atoms with E-state index in [0.29, 0.717) is 12.4 Å². The monoisotopic (exact) mass is 501 g/mol. The number of hydrogen-bond donors (Lipinski definition) is 1. The molecule has 0 spiro atoms. The molecule has 0 amide bonds. The summed E-state index contributed by atoms with van der Waals surface area (Å²) in [7, 11) is 0. The van der Waals surface area contributed by atoms with E-state index in [4.69, 9.17) is 14.6 Å². The normalized spacial score (nSPS) is 10.8. The van der Waals surface area contributed by atoms with Gasteiger partial charge in [0.15, 0.2) is 0 Å². The first-order chi connectivity index (χ1) is 16.1. The van der Waals surface area contributed by atoms with E-state index in [9.17, 15) is 4.79 Å². The van der Waals surface area contributed by atoms with Gasteiger partial charge in [-0.25, -0.2) is 4.79 Å². The molecule has 0 radical (unpaired) electrons. The van der Waals surface area contributed by atoms with E-state index >= 15 is 0 Å². The van der Waals surface area contributed by atoms with Crippen molar-refractivity contribution in [1.82, 2.24) is 0 Å². The van der Waals surface area contributed by atoms with Crippen LogP contribution < -0.4 is 9.47 Å². The van der Waals surface area contributed by atoms with Crippen LogP contribution in [0.5, 0.6) is 17.2 Å².